The molecule has 0 bridgehead atoms. The zero-order chi connectivity index (χ0) is 41.0. The minimum atomic E-state index is -0.424. The van der Waals surface area contributed by atoms with Crippen LogP contribution < -0.4 is 9.47 Å². The maximum Gasteiger partial charge on any atom is 0.164 e. The molecule has 3 heterocycles. The van der Waals surface area contributed by atoms with Crippen LogP contribution in [0.1, 0.15) is 105 Å². The topological polar surface area (TPSA) is 153 Å². The lowest BCUT2D eigenvalue weighted by Crippen LogP contribution is -2.23. The highest BCUT2D eigenvalue weighted by molar-refractivity contribution is 5.95. The van der Waals surface area contributed by atoms with Gasteiger partial charge in [-0.1, -0.05) is 41.5 Å². The molecular formula is C48H50O9. The molecule has 0 saturated heterocycles. The largest absolute Gasteiger partial charge is 0.508 e. The molecule has 57 heavy (non-hydrogen) atoms. The predicted octanol–water partition coefficient (Wildman–Crippen LogP) is 11.1. The number of allylic oxidation sites excluding steroid dienone is 7. The summed E-state index contributed by atoms with van der Waals surface area (Å²) in [6.45, 7) is 17.9. The van der Waals surface area contributed by atoms with Crippen LogP contribution in [0.25, 0.3) is 27.9 Å². The number of phenolic OH excluding ortho intramolecular Hbond substituents is 6. The Morgan fingerprint density at radius 2 is 1.32 bits per heavy atom. The van der Waals surface area contributed by atoms with Crippen molar-refractivity contribution in [2.24, 2.45) is 0 Å². The minimum absolute atomic E-state index is 0.0339. The molecule has 5 aromatic rings. The molecule has 2 aliphatic rings. The van der Waals surface area contributed by atoms with E-state index in [0.29, 0.717) is 68.7 Å². The van der Waals surface area contributed by atoms with Gasteiger partial charge >= 0.3 is 0 Å². The van der Waals surface area contributed by atoms with Crippen LogP contribution in [0.15, 0.2) is 82.3 Å². The summed E-state index contributed by atoms with van der Waals surface area (Å²) in [4.78, 5) is 0. The fourth-order valence-corrected chi connectivity index (χ4v) is 7.81. The summed E-state index contributed by atoms with van der Waals surface area (Å²) in [5.74, 6) is 0.311. The number of furan rings is 1. The van der Waals surface area contributed by atoms with Crippen LogP contribution in [0, 0.1) is 0 Å². The highest BCUT2D eigenvalue weighted by Crippen LogP contribution is 2.56. The first-order valence-corrected chi connectivity index (χ1v) is 19.2. The fraction of sp³-hybridized carbons (Fsp3) is 0.292. The van der Waals surface area contributed by atoms with Gasteiger partial charge in [0, 0.05) is 57.3 Å². The zero-order valence-corrected chi connectivity index (χ0v) is 33.5. The second-order valence-electron chi connectivity index (χ2n) is 16.1. The lowest BCUT2D eigenvalue weighted by molar-refractivity contribution is 0.138. The molecule has 1 aromatic heterocycles. The summed E-state index contributed by atoms with van der Waals surface area (Å²) < 4.78 is 19.7. The van der Waals surface area contributed by atoms with Crippen LogP contribution in [0.4, 0.5) is 0 Å². The number of rotatable bonds is 10. The molecule has 0 aliphatic carbocycles. The van der Waals surface area contributed by atoms with Gasteiger partial charge in [0.1, 0.15) is 51.9 Å². The second kappa shape index (κ2) is 15.0. The molecule has 0 fully saturated rings. The molecule has 9 heteroatoms. The van der Waals surface area contributed by atoms with Crippen molar-refractivity contribution in [1.82, 2.24) is 0 Å². The first kappa shape index (κ1) is 39.0. The molecule has 296 valence electrons. The Bertz CT molecular complexity index is 2550. The molecule has 0 saturated carbocycles. The lowest BCUT2D eigenvalue weighted by atomic mass is 9.85. The number of phenols is 6. The molecule has 0 spiro atoms. The Balaban J connectivity index is 1.43. The molecular weight excluding hydrogens is 721 g/mol. The van der Waals surface area contributed by atoms with Crippen molar-refractivity contribution in [3.63, 3.8) is 0 Å². The molecule has 0 unspecified atom stereocenters. The van der Waals surface area contributed by atoms with Crippen molar-refractivity contribution in [2.75, 3.05) is 6.61 Å². The SMILES string of the molecule is C=C(C)c1cc(-c2oc3c(CC=C(C)C)c(O)c(O)cc3c2Cc2cc3c(c(CC=C(C)C)c2O)O[C@H]2c4cc(CC=C(C)C)c(O)cc4OC[C@@H]32)c(O)cc1O. The zero-order valence-electron chi connectivity index (χ0n) is 33.5. The van der Waals surface area contributed by atoms with Gasteiger partial charge in [-0.25, -0.2) is 0 Å². The van der Waals surface area contributed by atoms with Crippen LogP contribution in [-0.4, -0.2) is 37.2 Å². The van der Waals surface area contributed by atoms with E-state index in [2.05, 4.69) is 12.7 Å². The van der Waals surface area contributed by atoms with Crippen molar-refractivity contribution in [3.05, 3.63) is 122 Å². The average molecular weight is 771 g/mol. The molecule has 6 N–H and O–H groups in total. The highest BCUT2D eigenvalue weighted by Gasteiger charge is 2.43. The van der Waals surface area contributed by atoms with Gasteiger partial charge in [0.05, 0.1) is 18.1 Å². The molecule has 0 amide bonds. The Hall–Kier alpha value is -6.22. The smallest absolute Gasteiger partial charge is 0.164 e. The molecule has 2 aliphatic heterocycles. The van der Waals surface area contributed by atoms with Gasteiger partial charge in [0.25, 0.3) is 0 Å². The van der Waals surface area contributed by atoms with E-state index in [-0.39, 0.29) is 71.2 Å². The minimum Gasteiger partial charge on any atom is -0.508 e. The van der Waals surface area contributed by atoms with Crippen molar-refractivity contribution in [2.45, 2.75) is 86.2 Å². The third kappa shape index (κ3) is 7.18. The van der Waals surface area contributed by atoms with E-state index in [1.165, 1.54) is 12.1 Å². The van der Waals surface area contributed by atoms with E-state index in [1.807, 2.05) is 65.8 Å². The number of fused-ring (bicyclic) bond motifs is 6. The normalized spacial score (nSPS) is 15.2. The van der Waals surface area contributed by atoms with Crippen molar-refractivity contribution >= 4 is 16.5 Å². The third-order valence-corrected chi connectivity index (χ3v) is 10.9. The van der Waals surface area contributed by atoms with Gasteiger partial charge in [0.2, 0.25) is 0 Å². The van der Waals surface area contributed by atoms with Crippen molar-refractivity contribution in [1.29, 1.82) is 0 Å². The van der Waals surface area contributed by atoms with Gasteiger partial charge < -0.3 is 44.5 Å². The first-order chi connectivity index (χ1) is 27.0. The van der Waals surface area contributed by atoms with E-state index in [0.717, 1.165) is 33.4 Å². The number of benzene rings is 4. The Morgan fingerprint density at radius 1 is 0.667 bits per heavy atom. The summed E-state index contributed by atoms with van der Waals surface area (Å²) >= 11 is 0. The summed E-state index contributed by atoms with van der Waals surface area (Å²) in [5, 5.41) is 67.8. The van der Waals surface area contributed by atoms with Crippen molar-refractivity contribution < 1.29 is 44.5 Å². The van der Waals surface area contributed by atoms with Crippen molar-refractivity contribution in [3.8, 4) is 57.3 Å². The summed E-state index contributed by atoms with van der Waals surface area (Å²) in [5.41, 5.74) is 9.28. The number of aromatic hydroxyl groups is 6. The van der Waals surface area contributed by atoms with E-state index >= 15 is 0 Å². The molecule has 0 radical (unpaired) electrons. The highest BCUT2D eigenvalue weighted by atomic mass is 16.5. The van der Waals surface area contributed by atoms with Crippen LogP contribution in [0.2, 0.25) is 0 Å². The van der Waals surface area contributed by atoms with E-state index in [9.17, 15) is 30.6 Å². The van der Waals surface area contributed by atoms with Crippen LogP contribution in [0.5, 0.6) is 46.0 Å². The number of hydrogen-bond donors (Lipinski definition) is 6. The molecule has 2 atom stereocenters. The maximum atomic E-state index is 12.2. The Labute approximate surface area is 332 Å². The van der Waals surface area contributed by atoms with E-state index in [4.69, 9.17) is 13.9 Å². The third-order valence-electron chi connectivity index (χ3n) is 10.9. The summed E-state index contributed by atoms with van der Waals surface area (Å²) in [6, 6.07) is 9.82. The lowest BCUT2D eigenvalue weighted by Gasteiger charge is -2.28. The van der Waals surface area contributed by atoms with Crippen LogP contribution in [-0.2, 0) is 25.7 Å². The fourth-order valence-electron chi connectivity index (χ4n) is 7.81. The number of ether oxygens (including phenoxy) is 2. The average Bonchev–Trinajstić information content (AvgIpc) is 3.68. The summed E-state index contributed by atoms with van der Waals surface area (Å²) in [6.07, 6.45) is 6.88. The molecule has 9 nitrogen and oxygen atoms in total. The molecule has 7 rings (SSSR count). The van der Waals surface area contributed by atoms with Gasteiger partial charge in [0.15, 0.2) is 11.5 Å². The van der Waals surface area contributed by atoms with E-state index in [1.54, 1.807) is 19.1 Å². The second-order valence-corrected chi connectivity index (χ2v) is 16.1. The van der Waals surface area contributed by atoms with Gasteiger partial charge in [-0.05, 0) is 109 Å². The standard InChI is InChI=1S/C48H50O9/c1-23(2)9-12-27-15-36-42(21-38(27)49)55-22-37-33-17-28(43(53)29(13-10-24(3)4)45(33)57-48(36)37)16-32-34-19-41(52)44(54)30(14-11-25(5)6)46(34)56-47(32)35-18-31(26(7)8)39(50)20-40(35)51/h9-11,15,17-21,37,48-54H,7,12-14,16,22H2,1-6,8H3/t37-,48-/m0/s1. The summed E-state index contributed by atoms with van der Waals surface area (Å²) in [7, 11) is 0. The first-order valence-electron chi connectivity index (χ1n) is 19.2. The Morgan fingerprint density at radius 3 is 1.98 bits per heavy atom. The van der Waals surface area contributed by atoms with Crippen LogP contribution >= 0.6 is 0 Å². The van der Waals surface area contributed by atoms with Gasteiger partial charge in [-0.2, -0.15) is 0 Å². The van der Waals surface area contributed by atoms with Gasteiger partial charge in [-0.3, -0.25) is 0 Å². The van der Waals surface area contributed by atoms with Crippen LogP contribution in [0.3, 0.4) is 0 Å². The molecule has 4 aromatic carbocycles. The van der Waals surface area contributed by atoms with E-state index < -0.39 is 6.10 Å². The quantitative estimate of drug-likeness (QED) is 0.0602. The monoisotopic (exact) mass is 770 g/mol. The van der Waals surface area contributed by atoms with Gasteiger partial charge in [-0.15, -0.1) is 0 Å². The number of hydrogen-bond acceptors (Lipinski definition) is 9. The predicted molar refractivity (Wildman–Crippen MR) is 223 cm³/mol. The Kier molecular flexibility index (Phi) is 10.3. The maximum absolute atomic E-state index is 12.2.